The Balaban J connectivity index is 2.30. The Morgan fingerprint density at radius 2 is 1.73 bits per heavy atom. The first-order chi connectivity index (χ1) is 12.6. The van der Waals surface area contributed by atoms with E-state index in [-0.39, 0.29) is 11.1 Å². The van der Waals surface area contributed by atoms with E-state index in [4.69, 9.17) is 21.1 Å². The van der Waals surface area contributed by atoms with E-state index in [0.29, 0.717) is 16.1 Å². The predicted molar refractivity (Wildman–Crippen MR) is 94.6 cm³/mol. The van der Waals surface area contributed by atoms with Crippen LogP contribution < -0.4 is 0 Å². The minimum Gasteiger partial charge on any atom is -0.466 e. The molecule has 1 heterocycles. The summed E-state index contributed by atoms with van der Waals surface area (Å²) in [6.45, 7) is 0. The van der Waals surface area contributed by atoms with Gasteiger partial charge in [-0.1, -0.05) is 54.1 Å². The summed E-state index contributed by atoms with van der Waals surface area (Å²) in [5.74, 6) is -0.656. The highest BCUT2D eigenvalue weighted by molar-refractivity contribution is 6.30. The van der Waals surface area contributed by atoms with Crippen LogP contribution in [-0.2, 0) is 14.3 Å². The van der Waals surface area contributed by atoms with Crippen molar-refractivity contribution in [2.75, 3.05) is 7.11 Å². The Kier molecular flexibility index (Phi) is 4.77. The van der Waals surface area contributed by atoms with Crippen molar-refractivity contribution in [1.29, 1.82) is 10.5 Å². The van der Waals surface area contributed by atoms with Crippen LogP contribution in [0, 0.1) is 22.7 Å². The molecule has 3 rings (SSSR count). The summed E-state index contributed by atoms with van der Waals surface area (Å²) in [7, 11) is 1.25. The Morgan fingerprint density at radius 1 is 1.12 bits per heavy atom. The molecule has 0 N–H and O–H groups in total. The van der Waals surface area contributed by atoms with E-state index < -0.39 is 17.7 Å². The topological polar surface area (TPSA) is 83.1 Å². The van der Waals surface area contributed by atoms with Gasteiger partial charge in [-0.3, -0.25) is 0 Å². The van der Waals surface area contributed by atoms with Crippen LogP contribution in [0.5, 0.6) is 0 Å². The molecule has 0 aromatic heterocycles. The quantitative estimate of drug-likeness (QED) is 0.773. The molecule has 0 spiro atoms. The Hall–Kier alpha value is -3.12. The number of nitrogens with zero attached hydrogens (tertiary/aromatic N) is 2. The standard InChI is InChI=1S/C20H13ClN2O3/c1-25-19(24)16-17(13-5-3-2-4-6-13)20(11-22,12-23)26-18(16)14-7-9-15(21)10-8-14/h2-10,18H,1H3. The number of rotatable bonds is 3. The maximum atomic E-state index is 12.6. The van der Waals surface area contributed by atoms with Gasteiger partial charge in [0.1, 0.15) is 18.2 Å². The molecule has 0 amide bonds. The molecule has 0 fully saturated rings. The Bertz CT molecular complexity index is 939. The van der Waals surface area contributed by atoms with Crippen molar-refractivity contribution in [1.82, 2.24) is 0 Å². The lowest BCUT2D eigenvalue weighted by Crippen LogP contribution is -2.26. The third-order valence-corrected chi connectivity index (χ3v) is 4.39. The predicted octanol–water partition coefficient (Wildman–Crippen LogP) is 3.82. The van der Waals surface area contributed by atoms with Gasteiger partial charge in [0.25, 0.3) is 5.60 Å². The van der Waals surface area contributed by atoms with Crippen molar-refractivity contribution in [2.45, 2.75) is 11.7 Å². The molecule has 1 aliphatic heterocycles. The molecule has 0 saturated carbocycles. The van der Waals surface area contributed by atoms with Gasteiger partial charge in [-0.2, -0.15) is 10.5 Å². The minimum atomic E-state index is -1.92. The van der Waals surface area contributed by atoms with Gasteiger partial charge in [0, 0.05) is 10.6 Å². The summed E-state index contributed by atoms with van der Waals surface area (Å²) in [6, 6.07) is 19.3. The van der Waals surface area contributed by atoms with Crippen LogP contribution in [0.2, 0.25) is 5.02 Å². The first-order valence-corrected chi connectivity index (χ1v) is 8.08. The molecular weight excluding hydrogens is 352 g/mol. The summed E-state index contributed by atoms with van der Waals surface area (Å²) in [6.07, 6.45) is -0.922. The van der Waals surface area contributed by atoms with Crippen molar-refractivity contribution >= 4 is 23.1 Å². The zero-order valence-corrected chi connectivity index (χ0v) is 14.5. The van der Waals surface area contributed by atoms with Crippen LogP contribution >= 0.6 is 11.6 Å². The number of carbonyl (C=O) groups excluding carboxylic acids is 1. The number of carbonyl (C=O) groups is 1. The molecule has 128 valence electrons. The van der Waals surface area contributed by atoms with Gasteiger partial charge >= 0.3 is 5.97 Å². The van der Waals surface area contributed by atoms with Gasteiger partial charge in [0.2, 0.25) is 0 Å². The number of hydrogen-bond donors (Lipinski definition) is 0. The van der Waals surface area contributed by atoms with Gasteiger partial charge in [0.05, 0.1) is 12.7 Å². The van der Waals surface area contributed by atoms with Crippen molar-refractivity contribution < 1.29 is 14.3 Å². The molecular formula is C20H13ClN2O3. The van der Waals surface area contributed by atoms with Crippen molar-refractivity contribution in [2.24, 2.45) is 0 Å². The third-order valence-electron chi connectivity index (χ3n) is 4.13. The maximum Gasteiger partial charge on any atom is 0.337 e. The second-order valence-corrected chi connectivity index (χ2v) is 6.04. The molecule has 0 saturated heterocycles. The number of hydrogen-bond acceptors (Lipinski definition) is 5. The molecule has 26 heavy (non-hydrogen) atoms. The number of ether oxygens (including phenoxy) is 2. The van der Waals surface area contributed by atoms with Crippen molar-refractivity contribution in [3.05, 3.63) is 76.3 Å². The minimum absolute atomic E-state index is 0.129. The smallest absolute Gasteiger partial charge is 0.337 e. The Morgan fingerprint density at radius 3 is 2.27 bits per heavy atom. The largest absolute Gasteiger partial charge is 0.466 e. The van der Waals surface area contributed by atoms with E-state index >= 15 is 0 Å². The fourth-order valence-corrected chi connectivity index (χ4v) is 3.09. The first kappa shape index (κ1) is 17.7. The third kappa shape index (κ3) is 2.84. The molecule has 1 unspecified atom stereocenters. The summed E-state index contributed by atoms with van der Waals surface area (Å²) in [5.41, 5.74) is -0.447. The average molecular weight is 365 g/mol. The number of esters is 1. The molecule has 1 aliphatic rings. The first-order valence-electron chi connectivity index (χ1n) is 7.70. The molecule has 0 radical (unpaired) electrons. The number of methoxy groups -OCH3 is 1. The monoisotopic (exact) mass is 364 g/mol. The second-order valence-electron chi connectivity index (χ2n) is 5.60. The SMILES string of the molecule is COC(=O)C1=C(c2ccccc2)C(C#N)(C#N)OC1c1ccc(Cl)cc1. The lowest BCUT2D eigenvalue weighted by molar-refractivity contribution is -0.137. The van der Waals surface area contributed by atoms with Crippen LogP contribution in [0.25, 0.3) is 5.57 Å². The highest BCUT2D eigenvalue weighted by Crippen LogP contribution is 2.48. The number of nitriles is 2. The zero-order valence-electron chi connectivity index (χ0n) is 13.8. The van der Waals surface area contributed by atoms with Crippen molar-refractivity contribution in [3.8, 4) is 12.1 Å². The van der Waals surface area contributed by atoms with Crippen LogP contribution in [0.15, 0.2) is 60.2 Å². The van der Waals surface area contributed by atoms with Gasteiger partial charge in [0.15, 0.2) is 0 Å². The lowest BCUT2D eigenvalue weighted by Gasteiger charge is -2.18. The molecule has 0 aliphatic carbocycles. The molecule has 0 bridgehead atoms. The molecule has 1 atom stereocenters. The fourth-order valence-electron chi connectivity index (χ4n) is 2.96. The summed E-state index contributed by atoms with van der Waals surface area (Å²) >= 11 is 5.93. The van der Waals surface area contributed by atoms with Gasteiger partial charge in [-0.15, -0.1) is 0 Å². The van der Waals surface area contributed by atoms with E-state index in [1.807, 2.05) is 12.1 Å². The van der Waals surface area contributed by atoms with E-state index in [9.17, 15) is 15.3 Å². The van der Waals surface area contributed by atoms with Crippen LogP contribution in [0.4, 0.5) is 0 Å². The van der Waals surface area contributed by atoms with E-state index in [1.54, 1.807) is 54.6 Å². The maximum absolute atomic E-state index is 12.6. The summed E-state index contributed by atoms with van der Waals surface area (Å²) in [4.78, 5) is 12.6. The van der Waals surface area contributed by atoms with Gasteiger partial charge in [-0.25, -0.2) is 4.79 Å². The number of halogens is 1. The summed E-state index contributed by atoms with van der Waals surface area (Å²) < 4.78 is 10.8. The van der Waals surface area contributed by atoms with E-state index in [1.165, 1.54) is 7.11 Å². The highest BCUT2D eigenvalue weighted by atomic mass is 35.5. The van der Waals surface area contributed by atoms with Crippen LogP contribution in [-0.4, -0.2) is 18.7 Å². The zero-order chi connectivity index (χ0) is 18.7. The molecule has 2 aromatic carbocycles. The highest BCUT2D eigenvalue weighted by Gasteiger charge is 2.51. The molecule has 6 heteroatoms. The van der Waals surface area contributed by atoms with E-state index in [2.05, 4.69) is 0 Å². The van der Waals surface area contributed by atoms with Gasteiger partial charge < -0.3 is 9.47 Å². The summed E-state index contributed by atoms with van der Waals surface area (Å²) in [5, 5.41) is 20.0. The molecule has 5 nitrogen and oxygen atoms in total. The average Bonchev–Trinajstić information content (AvgIpc) is 3.04. The van der Waals surface area contributed by atoms with E-state index in [0.717, 1.165) is 0 Å². The Labute approximate surface area is 155 Å². The second kappa shape index (κ2) is 7.01. The van der Waals surface area contributed by atoms with Gasteiger partial charge in [-0.05, 0) is 23.3 Å². The van der Waals surface area contributed by atoms with Crippen molar-refractivity contribution in [3.63, 3.8) is 0 Å². The lowest BCUT2D eigenvalue weighted by atomic mass is 9.86. The van der Waals surface area contributed by atoms with Crippen LogP contribution in [0.1, 0.15) is 17.2 Å². The fraction of sp³-hybridized carbons (Fsp3) is 0.150. The normalized spacial score (nSPS) is 18.1. The van der Waals surface area contributed by atoms with Crippen LogP contribution in [0.3, 0.4) is 0 Å². The number of benzene rings is 2. The molecule has 2 aromatic rings.